The highest BCUT2D eigenvalue weighted by atomic mass is 15.3. The molecule has 2 N–H and O–H groups in total. The lowest BCUT2D eigenvalue weighted by atomic mass is 9.78. The van der Waals surface area contributed by atoms with Gasteiger partial charge in [-0.3, -0.25) is 4.68 Å². The summed E-state index contributed by atoms with van der Waals surface area (Å²) in [6.07, 6.45) is 4.92. The molecule has 0 amide bonds. The Bertz CT molecular complexity index is 429. The summed E-state index contributed by atoms with van der Waals surface area (Å²) in [7, 11) is 1.96. The Morgan fingerprint density at radius 3 is 2.61 bits per heavy atom. The summed E-state index contributed by atoms with van der Waals surface area (Å²) in [4.78, 5) is 0. The van der Waals surface area contributed by atoms with Crippen LogP contribution in [-0.2, 0) is 13.5 Å². The van der Waals surface area contributed by atoms with Gasteiger partial charge in [0.25, 0.3) is 0 Å². The third-order valence-electron chi connectivity index (χ3n) is 4.42. The molecule has 18 heavy (non-hydrogen) atoms. The van der Waals surface area contributed by atoms with E-state index in [0.29, 0.717) is 17.3 Å². The first-order valence-corrected chi connectivity index (χ1v) is 7.14. The monoisotopic (exact) mass is 249 g/mol. The molecule has 0 radical (unpaired) electrons. The van der Waals surface area contributed by atoms with Crippen molar-refractivity contribution in [2.45, 2.75) is 59.3 Å². The summed E-state index contributed by atoms with van der Waals surface area (Å²) in [6, 6.07) is 0. The van der Waals surface area contributed by atoms with E-state index in [1.165, 1.54) is 30.5 Å². The fourth-order valence-electron chi connectivity index (χ4n) is 3.33. The van der Waals surface area contributed by atoms with Crippen molar-refractivity contribution in [2.75, 3.05) is 5.73 Å². The van der Waals surface area contributed by atoms with Gasteiger partial charge in [-0.25, -0.2) is 0 Å². The topological polar surface area (TPSA) is 43.8 Å². The van der Waals surface area contributed by atoms with Crippen molar-refractivity contribution in [1.82, 2.24) is 9.78 Å². The Kier molecular flexibility index (Phi) is 3.43. The molecule has 1 heterocycles. The van der Waals surface area contributed by atoms with Crippen LogP contribution >= 0.6 is 0 Å². The number of anilines is 1. The van der Waals surface area contributed by atoms with Crippen LogP contribution in [0.3, 0.4) is 0 Å². The third kappa shape index (κ3) is 2.27. The molecule has 1 aliphatic carbocycles. The Hall–Kier alpha value is -0.990. The maximum Gasteiger partial charge on any atom is 0.124 e. The zero-order valence-electron chi connectivity index (χ0n) is 12.5. The SMILES string of the molecule is CC(C)Cc1c(C2CCCC2(C)C)nn(C)c1N. The summed E-state index contributed by atoms with van der Waals surface area (Å²) in [5, 5.41) is 4.73. The van der Waals surface area contributed by atoms with Crippen LogP contribution in [0.15, 0.2) is 0 Å². The fourth-order valence-corrected chi connectivity index (χ4v) is 3.33. The van der Waals surface area contributed by atoms with E-state index in [2.05, 4.69) is 27.7 Å². The average Bonchev–Trinajstić information content (AvgIpc) is 2.72. The predicted octanol–water partition coefficient (Wildman–Crippen LogP) is 3.49. The molecule has 0 aliphatic heterocycles. The molecule has 1 aromatic rings. The van der Waals surface area contributed by atoms with Crippen LogP contribution in [0.2, 0.25) is 0 Å². The summed E-state index contributed by atoms with van der Waals surface area (Å²) in [5.41, 5.74) is 9.14. The van der Waals surface area contributed by atoms with Gasteiger partial charge in [-0.05, 0) is 30.6 Å². The van der Waals surface area contributed by atoms with Gasteiger partial charge in [0, 0.05) is 18.5 Å². The summed E-state index contributed by atoms with van der Waals surface area (Å²) >= 11 is 0. The number of nitrogens with two attached hydrogens (primary N) is 1. The molecule has 0 saturated heterocycles. The molecule has 102 valence electrons. The summed E-state index contributed by atoms with van der Waals surface area (Å²) in [5.74, 6) is 2.07. The van der Waals surface area contributed by atoms with Gasteiger partial charge < -0.3 is 5.73 Å². The minimum Gasteiger partial charge on any atom is -0.384 e. The molecule has 0 spiro atoms. The molecule has 1 atom stereocenters. The Balaban J connectivity index is 2.41. The molecule has 1 unspecified atom stereocenters. The zero-order chi connectivity index (χ0) is 13.5. The van der Waals surface area contributed by atoms with Crippen molar-refractivity contribution in [1.29, 1.82) is 0 Å². The van der Waals surface area contributed by atoms with Crippen molar-refractivity contribution < 1.29 is 0 Å². The molecule has 0 aromatic carbocycles. The molecule has 1 aliphatic rings. The molecule has 3 nitrogen and oxygen atoms in total. The minimum atomic E-state index is 0.368. The number of nitrogens with zero attached hydrogens (tertiary/aromatic N) is 2. The molecular formula is C15H27N3. The van der Waals surface area contributed by atoms with Gasteiger partial charge in [0.15, 0.2) is 0 Å². The van der Waals surface area contributed by atoms with Gasteiger partial charge >= 0.3 is 0 Å². The Labute approximate surface area is 111 Å². The lowest BCUT2D eigenvalue weighted by molar-refractivity contribution is 0.324. The van der Waals surface area contributed by atoms with Gasteiger partial charge in [0.2, 0.25) is 0 Å². The van der Waals surface area contributed by atoms with E-state index in [1.807, 2.05) is 11.7 Å². The normalized spacial score (nSPS) is 22.9. The van der Waals surface area contributed by atoms with E-state index < -0.39 is 0 Å². The van der Waals surface area contributed by atoms with Crippen LogP contribution in [0.4, 0.5) is 5.82 Å². The highest BCUT2D eigenvalue weighted by Gasteiger charge is 2.38. The number of hydrogen-bond donors (Lipinski definition) is 1. The highest BCUT2D eigenvalue weighted by Crippen LogP contribution is 2.49. The number of hydrogen-bond acceptors (Lipinski definition) is 2. The lowest BCUT2D eigenvalue weighted by Crippen LogP contribution is -2.17. The smallest absolute Gasteiger partial charge is 0.124 e. The number of nitrogen functional groups attached to an aromatic ring is 1. The fraction of sp³-hybridized carbons (Fsp3) is 0.800. The number of aromatic nitrogens is 2. The second-order valence-electron chi connectivity index (χ2n) is 6.90. The van der Waals surface area contributed by atoms with Crippen molar-refractivity contribution in [2.24, 2.45) is 18.4 Å². The third-order valence-corrected chi connectivity index (χ3v) is 4.42. The molecule has 3 heteroatoms. The first-order chi connectivity index (χ1) is 8.33. The van der Waals surface area contributed by atoms with Crippen molar-refractivity contribution >= 4 is 5.82 Å². The highest BCUT2D eigenvalue weighted by molar-refractivity contribution is 5.45. The lowest BCUT2D eigenvalue weighted by Gasteiger charge is -2.26. The molecule has 1 aromatic heterocycles. The summed E-state index contributed by atoms with van der Waals surface area (Å²) in [6.45, 7) is 9.23. The van der Waals surface area contributed by atoms with E-state index >= 15 is 0 Å². The minimum absolute atomic E-state index is 0.368. The molecule has 1 fully saturated rings. The second-order valence-corrected chi connectivity index (χ2v) is 6.90. The van der Waals surface area contributed by atoms with Crippen LogP contribution in [0.25, 0.3) is 0 Å². The van der Waals surface area contributed by atoms with Gasteiger partial charge in [-0.1, -0.05) is 34.1 Å². The van der Waals surface area contributed by atoms with Crippen LogP contribution in [-0.4, -0.2) is 9.78 Å². The van der Waals surface area contributed by atoms with E-state index in [9.17, 15) is 0 Å². The van der Waals surface area contributed by atoms with Crippen LogP contribution < -0.4 is 5.73 Å². The summed E-state index contributed by atoms with van der Waals surface area (Å²) < 4.78 is 1.86. The molecule has 0 bridgehead atoms. The van der Waals surface area contributed by atoms with E-state index in [1.54, 1.807) is 0 Å². The molecule has 1 saturated carbocycles. The number of aryl methyl sites for hydroxylation is 1. The quantitative estimate of drug-likeness (QED) is 0.891. The molecular weight excluding hydrogens is 222 g/mol. The first-order valence-electron chi connectivity index (χ1n) is 7.14. The van der Waals surface area contributed by atoms with Gasteiger partial charge in [0.05, 0.1) is 5.69 Å². The van der Waals surface area contributed by atoms with Gasteiger partial charge in [-0.15, -0.1) is 0 Å². The van der Waals surface area contributed by atoms with Crippen LogP contribution in [0.1, 0.15) is 64.1 Å². The first kappa shape index (κ1) is 13.4. The second kappa shape index (κ2) is 4.60. The Morgan fingerprint density at radius 1 is 1.44 bits per heavy atom. The zero-order valence-corrected chi connectivity index (χ0v) is 12.5. The van der Waals surface area contributed by atoms with Crippen molar-refractivity contribution in [3.63, 3.8) is 0 Å². The standard InChI is InChI=1S/C15H27N3/c1-10(2)9-11-13(17-18(5)14(11)16)12-7-6-8-15(12,3)4/h10,12H,6-9,16H2,1-5H3. The van der Waals surface area contributed by atoms with Crippen molar-refractivity contribution in [3.8, 4) is 0 Å². The number of rotatable bonds is 3. The van der Waals surface area contributed by atoms with E-state index in [0.717, 1.165) is 12.2 Å². The van der Waals surface area contributed by atoms with Crippen molar-refractivity contribution in [3.05, 3.63) is 11.3 Å². The predicted molar refractivity (Wildman–Crippen MR) is 76.5 cm³/mol. The van der Waals surface area contributed by atoms with E-state index in [4.69, 9.17) is 10.8 Å². The van der Waals surface area contributed by atoms with Crippen LogP contribution in [0, 0.1) is 11.3 Å². The van der Waals surface area contributed by atoms with E-state index in [-0.39, 0.29) is 0 Å². The largest absolute Gasteiger partial charge is 0.384 e. The van der Waals surface area contributed by atoms with Crippen LogP contribution in [0.5, 0.6) is 0 Å². The van der Waals surface area contributed by atoms with Gasteiger partial charge in [-0.2, -0.15) is 5.10 Å². The Morgan fingerprint density at radius 2 is 2.11 bits per heavy atom. The molecule has 2 rings (SSSR count). The van der Waals surface area contributed by atoms with Gasteiger partial charge in [0.1, 0.15) is 5.82 Å². The maximum absolute atomic E-state index is 6.21. The maximum atomic E-state index is 6.21. The average molecular weight is 249 g/mol.